The van der Waals surface area contributed by atoms with Crippen LogP contribution in [0.1, 0.15) is 6.92 Å². The van der Waals surface area contributed by atoms with Crippen LogP contribution in [-0.2, 0) is 9.53 Å². The smallest absolute Gasteiger partial charge is 0.334 e. The molecule has 0 rings (SSSR count). The van der Waals surface area contributed by atoms with Crippen LogP contribution in [0, 0.1) is 0 Å². The molecule has 0 aliphatic rings. The molecule has 0 saturated carbocycles. The first-order valence-electron chi connectivity index (χ1n) is 4.43. The third-order valence-corrected chi connectivity index (χ3v) is 1.72. The molecule has 0 heterocycles. The Morgan fingerprint density at radius 2 is 2.20 bits per heavy atom. The average molecular weight is 216 g/mol. The van der Waals surface area contributed by atoms with Gasteiger partial charge in [-0.1, -0.05) is 6.08 Å². The van der Waals surface area contributed by atoms with Crippen molar-refractivity contribution >= 4 is 12.0 Å². The number of urea groups is 1. The van der Waals surface area contributed by atoms with Crippen LogP contribution in [-0.4, -0.2) is 42.9 Å². The van der Waals surface area contributed by atoms with Crippen molar-refractivity contribution < 1.29 is 19.4 Å². The molecule has 2 atom stereocenters. The van der Waals surface area contributed by atoms with E-state index in [1.54, 1.807) is 13.0 Å². The largest absolute Gasteiger partial charge is 0.479 e. The van der Waals surface area contributed by atoms with Gasteiger partial charge in [-0.25, -0.2) is 9.59 Å². The lowest BCUT2D eigenvalue weighted by atomic mass is 10.3. The minimum Gasteiger partial charge on any atom is -0.479 e. The highest BCUT2D eigenvalue weighted by Gasteiger charge is 2.17. The van der Waals surface area contributed by atoms with Crippen molar-refractivity contribution in [3.05, 3.63) is 12.7 Å². The molecule has 86 valence electrons. The Morgan fingerprint density at radius 1 is 1.60 bits per heavy atom. The van der Waals surface area contributed by atoms with Crippen molar-refractivity contribution in [2.24, 2.45) is 0 Å². The highest BCUT2D eigenvalue weighted by atomic mass is 16.5. The van der Waals surface area contributed by atoms with E-state index in [1.165, 1.54) is 7.11 Å². The number of hydrogen-bond donors (Lipinski definition) is 3. The second-order valence-electron chi connectivity index (χ2n) is 2.94. The van der Waals surface area contributed by atoms with Gasteiger partial charge in [-0.05, 0) is 6.92 Å². The quantitative estimate of drug-likeness (QED) is 0.544. The summed E-state index contributed by atoms with van der Waals surface area (Å²) in [5, 5.41) is 13.5. The molecule has 0 spiro atoms. The summed E-state index contributed by atoms with van der Waals surface area (Å²) in [6.45, 7) is 5.16. The molecule has 0 aliphatic heterocycles. The SMILES string of the molecule is C=CC(C)NC(=O)NCC(OC)C(=O)O. The van der Waals surface area contributed by atoms with E-state index in [-0.39, 0.29) is 12.6 Å². The fraction of sp³-hybridized carbons (Fsp3) is 0.556. The lowest BCUT2D eigenvalue weighted by molar-refractivity contribution is -0.147. The predicted octanol–water partition coefficient (Wildman–Crippen LogP) is -0.0403. The summed E-state index contributed by atoms with van der Waals surface area (Å²) < 4.78 is 4.63. The molecule has 15 heavy (non-hydrogen) atoms. The van der Waals surface area contributed by atoms with Gasteiger partial charge in [-0.2, -0.15) is 0 Å². The number of amides is 2. The summed E-state index contributed by atoms with van der Waals surface area (Å²) in [6, 6.07) is -0.624. The topological polar surface area (TPSA) is 87.7 Å². The van der Waals surface area contributed by atoms with Gasteiger partial charge in [0.2, 0.25) is 0 Å². The van der Waals surface area contributed by atoms with Gasteiger partial charge < -0.3 is 20.5 Å². The van der Waals surface area contributed by atoms with Gasteiger partial charge in [0, 0.05) is 13.2 Å². The fourth-order valence-electron chi connectivity index (χ4n) is 0.774. The van der Waals surface area contributed by atoms with Crippen LogP contribution in [0.25, 0.3) is 0 Å². The van der Waals surface area contributed by atoms with E-state index in [2.05, 4.69) is 21.9 Å². The van der Waals surface area contributed by atoms with Crippen molar-refractivity contribution in [1.29, 1.82) is 0 Å². The maximum Gasteiger partial charge on any atom is 0.334 e. The van der Waals surface area contributed by atoms with E-state index >= 15 is 0 Å². The Kier molecular flexibility index (Phi) is 6.12. The Morgan fingerprint density at radius 3 is 2.60 bits per heavy atom. The maximum absolute atomic E-state index is 11.1. The number of ether oxygens (including phenoxy) is 1. The molecule has 6 nitrogen and oxygen atoms in total. The van der Waals surface area contributed by atoms with E-state index in [4.69, 9.17) is 5.11 Å². The summed E-state index contributed by atoms with van der Waals surface area (Å²) in [5.41, 5.74) is 0. The number of carboxylic acid groups (broad SMARTS) is 1. The standard InChI is InChI=1S/C9H16N2O4/c1-4-6(2)11-9(14)10-5-7(15-3)8(12)13/h4,6-7H,1,5H2,2-3H3,(H,12,13)(H2,10,11,14). The molecule has 0 aliphatic carbocycles. The van der Waals surface area contributed by atoms with E-state index in [0.717, 1.165) is 0 Å². The van der Waals surface area contributed by atoms with Gasteiger partial charge in [0.1, 0.15) is 0 Å². The number of carbonyl (C=O) groups is 2. The Labute approximate surface area is 88.3 Å². The van der Waals surface area contributed by atoms with Crippen molar-refractivity contribution in [2.75, 3.05) is 13.7 Å². The third-order valence-electron chi connectivity index (χ3n) is 1.72. The number of hydrogen-bond acceptors (Lipinski definition) is 3. The normalized spacial score (nSPS) is 13.7. The number of carbonyl (C=O) groups excluding carboxylic acids is 1. The van der Waals surface area contributed by atoms with Crippen LogP contribution in [0.5, 0.6) is 0 Å². The number of aliphatic carboxylic acids is 1. The fourth-order valence-corrected chi connectivity index (χ4v) is 0.774. The summed E-state index contributed by atoms with van der Waals surface area (Å²) >= 11 is 0. The molecule has 6 heteroatoms. The zero-order chi connectivity index (χ0) is 11.8. The van der Waals surface area contributed by atoms with Crippen molar-refractivity contribution in [3.8, 4) is 0 Å². The van der Waals surface area contributed by atoms with E-state index in [9.17, 15) is 9.59 Å². The molecule has 0 aromatic rings. The highest BCUT2D eigenvalue weighted by molar-refractivity contribution is 5.77. The molecule has 0 saturated heterocycles. The van der Waals surface area contributed by atoms with Crippen LogP contribution in [0.15, 0.2) is 12.7 Å². The first kappa shape index (κ1) is 13.4. The predicted molar refractivity (Wildman–Crippen MR) is 54.6 cm³/mol. The van der Waals surface area contributed by atoms with Crippen LogP contribution >= 0.6 is 0 Å². The van der Waals surface area contributed by atoms with Gasteiger partial charge in [-0.3, -0.25) is 0 Å². The monoisotopic (exact) mass is 216 g/mol. The molecule has 2 amide bonds. The molecular weight excluding hydrogens is 200 g/mol. The van der Waals surface area contributed by atoms with E-state index < -0.39 is 18.1 Å². The molecule has 2 unspecified atom stereocenters. The molecule has 0 bridgehead atoms. The second-order valence-corrected chi connectivity index (χ2v) is 2.94. The van der Waals surface area contributed by atoms with Crippen LogP contribution < -0.4 is 10.6 Å². The lowest BCUT2D eigenvalue weighted by Gasteiger charge is -2.13. The molecule has 3 N–H and O–H groups in total. The van der Waals surface area contributed by atoms with Crippen LogP contribution in [0.3, 0.4) is 0 Å². The van der Waals surface area contributed by atoms with E-state index in [1.807, 2.05) is 0 Å². The van der Waals surface area contributed by atoms with Gasteiger partial charge in [-0.15, -0.1) is 6.58 Å². The first-order chi connectivity index (χ1) is 7.01. The summed E-state index contributed by atoms with van der Waals surface area (Å²) in [6.07, 6.45) is 0.527. The molecule has 0 aromatic carbocycles. The van der Waals surface area contributed by atoms with Crippen molar-refractivity contribution in [2.45, 2.75) is 19.1 Å². The Bertz CT molecular complexity index is 242. The lowest BCUT2D eigenvalue weighted by Crippen LogP contribution is -2.45. The number of nitrogens with one attached hydrogen (secondary N) is 2. The third kappa shape index (κ3) is 5.69. The summed E-state index contributed by atoms with van der Waals surface area (Å²) in [7, 11) is 1.27. The van der Waals surface area contributed by atoms with Gasteiger partial charge in [0.15, 0.2) is 6.10 Å². The van der Waals surface area contributed by atoms with Gasteiger partial charge in [0.25, 0.3) is 0 Å². The maximum atomic E-state index is 11.1. The molecular formula is C9H16N2O4. The van der Waals surface area contributed by atoms with Crippen LogP contribution in [0.4, 0.5) is 4.79 Å². The first-order valence-corrected chi connectivity index (χ1v) is 4.43. The summed E-state index contributed by atoms with van der Waals surface area (Å²) in [4.78, 5) is 21.6. The molecule has 0 aromatic heterocycles. The highest BCUT2D eigenvalue weighted by Crippen LogP contribution is 1.88. The van der Waals surface area contributed by atoms with Crippen LogP contribution in [0.2, 0.25) is 0 Å². The molecule has 0 radical (unpaired) electrons. The Balaban J connectivity index is 3.88. The number of carboxylic acids is 1. The van der Waals surface area contributed by atoms with Gasteiger partial charge >= 0.3 is 12.0 Å². The number of methoxy groups -OCH3 is 1. The zero-order valence-electron chi connectivity index (χ0n) is 8.82. The summed E-state index contributed by atoms with van der Waals surface area (Å²) in [5.74, 6) is -1.12. The van der Waals surface area contributed by atoms with Gasteiger partial charge in [0.05, 0.1) is 6.54 Å². The Hall–Kier alpha value is -1.56. The second kappa shape index (κ2) is 6.83. The van der Waals surface area contributed by atoms with E-state index in [0.29, 0.717) is 0 Å². The molecule has 0 fully saturated rings. The van der Waals surface area contributed by atoms with Crippen molar-refractivity contribution in [1.82, 2.24) is 10.6 Å². The van der Waals surface area contributed by atoms with Crippen molar-refractivity contribution in [3.63, 3.8) is 0 Å². The zero-order valence-corrected chi connectivity index (χ0v) is 8.82. The number of rotatable bonds is 6. The average Bonchev–Trinajstić information content (AvgIpc) is 2.17. The minimum atomic E-state index is -1.12. The minimum absolute atomic E-state index is 0.0818.